The Bertz CT molecular complexity index is 1430. The summed E-state index contributed by atoms with van der Waals surface area (Å²) in [6, 6.07) is 16.0. The molecule has 204 valence electrons. The predicted octanol–water partition coefficient (Wildman–Crippen LogP) is 5.89. The number of carbonyl (C=O) groups is 1. The fraction of sp³-hybridized carbons (Fsp3) is 0.400. The summed E-state index contributed by atoms with van der Waals surface area (Å²) in [6.45, 7) is 2.78. The lowest BCUT2D eigenvalue weighted by atomic mass is 9.86. The Hall–Kier alpha value is -3.65. The zero-order valence-electron chi connectivity index (χ0n) is 22.8. The van der Waals surface area contributed by atoms with E-state index >= 15 is 0 Å². The van der Waals surface area contributed by atoms with E-state index in [1.807, 2.05) is 66.1 Å². The van der Waals surface area contributed by atoms with Crippen LogP contribution in [0.2, 0.25) is 5.02 Å². The van der Waals surface area contributed by atoms with E-state index in [1.165, 1.54) is 0 Å². The molecule has 1 saturated carbocycles. The minimum Gasteiger partial charge on any atom is -0.362 e. The van der Waals surface area contributed by atoms with Crippen molar-refractivity contribution in [3.8, 4) is 5.69 Å². The van der Waals surface area contributed by atoms with Crippen LogP contribution in [0.3, 0.4) is 0 Å². The molecule has 8 nitrogen and oxygen atoms in total. The van der Waals surface area contributed by atoms with Crippen molar-refractivity contribution in [2.75, 3.05) is 30.9 Å². The van der Waals surface area contributed by atoms with E-state index in [1.54, 1.807) is 6.20 Å². The number of nitrogens with zero attached hydrogens (tertiary/aromatic N) is 5. The summed E-state index contributed by atoms with van der Waals surface area (Å²) in [7, 11) is 4.01. The number of hydrogen-bond donors (Lipinski definition) is 2. The molecule has 0 radical (unpaired) electrons. The van der Waals surface area contributed by atoms with E-state index in [0.29, 0.717) is 35.0 Å². The van der Waals surface area contributed by atoms with Gasteiger partial charge in [0.15, 0.2) is 0 Å². The minimum absolute atomic E-state index is 0.0558. The van der Waals surface area contributed by atoms with Crippen LogP contribution in [0, 0.1) is 5.92 Å². The number of amides is 1. The first-order valence-electron chi connectivity index (χ1n) is 13.7. The first-order valence-corrected chi connectivity index (χ1v) is 14.1. The number of anilines is 2. The molecule has 1 aliphatic carbocycles. The van der Waals surface area contributed by atoms with Gasteiger partial charge in [-0.25, -0.2) is 9.67 Å². The smallest absolute Gasteiger partial charge is 0.254 e. The molecule has 2 aromatic carbocycles. The molecule has 0 aliphatic heterocycles. The molecule has 9 heteroatoms. The highest BCUT2D eigenvalue weighted by atomic mass is 35.5. The maximum Gasteiger partial charge on any atom is 0.254 e. The fourth-order valence-electron chi connectivity index (χ4n) is 5.34. The normalized spacial score (nSPS) is 17.2. The number of carbonyl (C=O) groups excluding carboxylic acids is 1. The summed E-state index contributed by atoms with van der Waals surface area (Å²) in [4.78, 5) is 24.7. The molecule has 4 aromatic rings. The van der Waals surface area contributed by atoms with Crippen LogP contribution in [-0.4, -0.2) is 52.3 Å². The Balaban J connectivity index is 1.17. The Kier molecular flexibility index (Phi) is 8.31. The number of nitrogens with one attached hydrogen (secondary N) is 2. The number of hydrogen-bond acceptors (Lipinski definition) is 6. The Morgan fingerprint density at radius 2 is 1.79 bits per heavy atom. The SMILES string of the molecule is CCCc1c(C(=O)NCC2CCC(Nc3nc(N(C)C)c4ccccc4n3)CC2)cnn1-c1ccc(Cl)cc1. The zero-order chi connectivity index (χ0) is 27.4. The Morgan fingerprint density at radius 1 is 1.05 bits per heavy atom. The largest absolute Gasteiger partial charge is 0.362 e. The molecule has 0 unspecified atom stereocenters. The van der Waals surface area contributed by atoms with Gasteiger partial charge in [-0.2, -0.15) is 10.1 Å². The van der Waals surface area contributed by atoms with E-state index in [4.69, 9.17) is 21.6 Å². The quantitative estimate of drug-likeness (QED) is 0.273. The van der Waals surface area contributed by atoms with Gasteiger partial charge in [0, 0.05) is 37.1 Å². The average Bonchev–Trinajstić information content (AvgIpc) is 3.36. The molecular weight excluding hydrogens is 510 g/mol. The summed E-state index contributed by atoms with van der Waals surface area (Å²) in [5.74, 6) is 1.99. The van der Waals surface area contributed by atoms with Gasteiger partial charge < -0.3 is 15.5 Å². The Morgan fingerprint density at radius 3 is 2.51 bits per heavy atom. The van der Waals surface area contributed by atoms with Crippen molar-refractivity contribution >= 4 is 40.2 Å². The van der Waals surface area contributed by atoms with Crippen LogP contribution in [0.25, 0.3) is 16.6 Å². The molecule has 0 saturated heterocycles. The maximum atomic E-state index is 13.2. The molecule has 2 aromatic heterocycles. The van der Waals surface area contributed by atoms with Gasteiger partial charge in [0.25, 0.3) is 5.91 Å². The summed E-state index contributed by atoms with van der Waals surface area (Å²) < 4.78 is 1.85. The zero-order valence-corrected chi connectivity index (χ0v) is 23.6. The molecule has 0 bridgehead atoms. The minimum atomic E-state index is -0.0558. The first kappa shape index (κ1) is 26.9. The highest BCUT2D eigenvalue weighted by molar-refractivity contribution is 6.30. The van der Waals surface area contributed by atoms with Gasteiger partial charge >= 0.3 is 0 Å². The van der Waals surface area contributed by atoms with E-state index in [9.17, 15) is 4.79 Å². The second-order valence-corrected chi connectivity index (χ2v) is 10.9. The third-order valence-corrected chi connectivity index (χ3v) is 7.66. The second-order valence-electron chi connectivity index (χ2n) is 10.5. The van der Waals surface area contributed by atoms with Crippen molar-refractivity contribution in [1.29, 1.82) is 0 Å². The van der Waals surface area contributed by atoms with Crippen LogP contribution in [0.1, 0.15) is 55.1 Å². The third kappa shape index (κ3) is 6.17. The number of rotatable bonds is 9. The standard InChI is InChI=1S/C30H36ClN7O/c1-4-7-27-25(19-33-38(27)23-16-12-21(31)13-17-23)29(39)32-18-20-10-14-22(15-11-20)34-30-35-26-9-6-5-8-24(26)28(36-30)37(2)3/h5-6,8-9,12-13,16-17,19-20,22H,4,7,10-11,14-15,18H2,1-3H3,(H,32,39)(H,34,35,36). The molecule has 0 atom stereocenters. The average molecular weight is 546 g/mol. The van der Waals surface area contributed by atoms with Crippen molar-refractivity contribution in [3.63, 3.8) is 0 Å². The van der Waals surface area contributed by atoms with Gasteiger partial charge in [-0.1, -0.05) is 37.1 Å². The third-order valence-electron chi connectivity index (χ3n) is 7.41. The number of benzene rings is 2. The maximum absolute atomic E-state index is 13.2. The van der Waals surface area contributed by atoms with Gasteiger partial charge in [0.1, 0.15) is 5.82 Å². The van der Waals surface area contributed by atoms with E-state index in [-0.39, 0.29) is 5.91 Å². The van der Waals surface area contributed by atoms with Crippen LogP contribution in [0.4, 0.5) is 11.8 Å². The lowest BCUT2D eigenvalue weighted by molar-refractivity contribution is 0.0942. The summed E-state index contributed by atoms with van der Waals surface area (Å²) in [6.07, 6.45) is 7.49. The van der Waals surface area contributed by atoms with E-state index in [2.05, 4.69) is 28.7 Å². The highest BCUT2D eigenvalue weighted by Crippen LogP contribution is 2.28. The van der Waals surface area contributed by atoms with E-state index < -0.39 is 0 Å². The van der Waals surface area contributed by atoms with Crippen molar-refractivity contribution < 1.29 is 4.79 Å². The summed E-state index contributed by atoms with van der Waals surface area (Å²) in [5.41, 5.74) is 3.42. The highest BCUT2D eigenvalue weighted by Gasteiger charge is 2.24. The first-order chi connectivity index (χ1) is 18.9. The number of aromatic nitrogens is 4. The lowest BCUT2D eigenvalue weighted by Gasteiger charge is -2.29. The van der Waals surface area contributed by atoms with Gasteiger partial charge in [0.05, 0.1) is 28.7 Å². The fourth-order valence-corrected chi connectivity index (χ4v) is 5.46. The van der Waals surface area contributed by atoms with Crippen LogP contribution in [0.15, 0.2) is 54.7 Å². The molecule has 1 amide bonds. The van der Waals surface area contributed by atoms with Gasteiger partial charge in [-0.3, -0.25) is 4.79 Å². The molecule has 2 heterocycles. The molecule has 1 fully saturated rings. The summed E-state index contributed by atoms with van der Waals surface area (Å²) >= 11 is 6.05. The summed E-state index contributed by atoms with van der Waals surface area (Å²) in [5, 5.41) is 13.0. The van der Waals surface area contributed by atoms with Crippen molar-refractivity contribution in [2.24, 2.45) is 5.92 Å². The van der Waals surface area contributed by atoms with Crippen LogP contribution in [0.5, 0.6) is 0 Å². The molecule has 39 heavy (non-hydrogen) atoms. The van der Waals surface area contributed by atoms with Crippen molar-refractivity contribution in [3.05, 3.63) is 71.0 Å². The van der Waals surface area contributed by atoms with Crippen LogP contribution < -0.4 is 15.5 Å². The lowest BCUT2D eigenvalue weighted by Crippen LogP contribution is -2.34. The molecule has 0 spiro atoms. The number of para-hydroxylation sites is 1. The Labute approximate surface area is 234 Å². The van der Waals surface area contributed by atoms with Crippen LogP contribution >= 0.6 is 11.6 Å². The molecule has 1 aliphatic rings. The molecule has 2 N–H and O–H groups in total. The predicted molar refractivity (Wildman–Crippen MR) is 158 cm³/mol. The van der Waals surface area contributed by atoms with Crippen molar-refractivity contribution in [2.45, 2.75) is 51.5 Å². The van der Waals surface area contributed by atoms with E-state index in [0.717, 1.165) is 66.6 Å². The number of fused-ring (bicyclic) bond motifs is 1. The molecular formula is C30H36ClN7O. The molecule has 5 rings (SSSR count). The van der Waals surface area contributed by atoms with Gasteiger partial charge in [0.2, 0.25) is 5.95 Å². The van der Waals surface area contributed by atoms with Crippen LogP contribution in [-0.2, 0) is 6.42 Å². The topological polar surface area (TPSA) is 88.0 Å². The van der Waals surface area contributed by atoms with Gasteiger partial charge in [-0.15, -0.1) is 0 Å². The monoisotopic (exact) mass is 545 g/mol. The second kappa shape index (κ2) is 12.0. The van der Waals surface area contributed by atoms with Gasteiger partial charge in [-0.05, 0) is 74.4 Å². The van der Waals surface area contributed by atoms with Crippen molar-refractivity contribution in [1.82, 2.24) is 25.1 Å². The number of halogens is 1.